The van der Waals surface area contributed by atoms with Crippen LogP contribution in [0.1, 0.15) is 54.9 Å². The highest BCUT2D eigenvalue weighted by Crippen LogP contribution is 2.38. The van der Waals surface area contributed by atoms with Crippen LogP contribution in [0.3, 0.4) is 0 Å². The predicted octanol–water partition coefficient (Wildman–Crippen LogP) is 3.27. The molecule has 0 amide bonds. The highest BCUT2D eigenvalue weighted by atomic mass is 16.6. The minimum absolute atomic E-state index is 0.143. The van der Waals surface area contributed by atoms with Gasteiger partial charge in [-0.3, -0.25) is 14.4 Å². The second kappa shape index (κ2) is 8.42. The Labute approximate surface area is 164 Å². The molecule has 1 aromatic carbocycles. The minimum Gasteiger partial charge on any atom is -0.465 e. The van der Waals surface area contributed by atoms with E-state index >= 15 is 0 Å². The summed E-state index contributed by atoms with van der Waals surface area (Å²) in [6.07, 6.45) is 1.70. The van der Waals surface area contributed by atoms with E-state index in [4.69, 9.17) is 9.47 Å². The normalized spacial score (nSPS) is 15.2. The smallest absolute Gasteiger partial charge is 0.329 e. The van der Waals surface area contributed by atoms with Gasteiger partial charge in [-0.1, -0.05) is 30.3 Å². The quantitative estimate of drug-likeness (QED) is 0.435. The van der Waals surface area contributed by atoms with Gasteiger partial charge in [0.25, 0.3) is 0 Å². The number of carbonyl (C=O) groups is 3. The van der Waals surface area contributed by atoms with Gasteiger partial charge in [-0.2, -0.15) is 0 Å². The maximum Gasteiger partial charge on any atom is 0.329 e. The van der Waals surface area contributed by atoms with Crippen molar-refractivity contribution in [2.24, 2.45) is 0 Å². The summed E-state index contributed by atoms with van der Waals surface area (Å²) < 4.78 is 12.3. The van der Waals surface area contributed by atoms with Crippen molar-refractivity contribution in [1.29, 1.82) is 0 Å². The fourth-order valence-corrected chi connectivity index (χ4v) is 3.81. The maximum atomic E-state index is 13.0. The Hall–Kier alpha value is -2.89. The molecule has 0 unspecified atom stereocenters. The van der Waals surface area contributed by atoms with Gasteiger partial charge in [-0.25, -0.2) is 0 Å². The molecule has 0 bridgehead atoms. The Kier molecular flexibility index (Phi) is 5.97. The monoisotopic (exact) mass is 383 g/mol. The highest BCUT2D eigenvalue weighted by Gasteiger charge is 2.53. The van der Waals surface area contributed by atoms with E-state index in [-0.39, 0.29) is 19.0 Å². The third-order valence-electron chi connectivity index (χ3n) is 5.12. The summed E-state index contributed by atoms with van der Waals surface area (Å²) in [5, 5.41) is 0. The van der Waals surface area contributed by atoms with Crippen LogP contribution in [0.5, 0.6) is 0 Å². The van der Waals surface area contributed by atoms with Gasteiger partial charge >= 0.3 is 11.9 Å². The Balaban J connectivity index is 2.14. The molecule has 0 aliphatic carbocycles. The van der Waals surface area contributed by atoms with Crippen molar-refractivity contribution in [1.82, 2.24) is 4.57 Å². The van der Waals surface area contributed by atoms with Crippen LogP contribution in [-0.2, 0) is 31.0 Å². The molecule has 0 spiro atoms. The second-order valence-corrected chi connectivity index (χ2v) is 6.75. The number of aromatic nitrogens is 1. The van der Waals surface area contributed by atoms with Gasteiger partial charge in [0.2, 0.25) is 11.2 Å². The van der Waals surface area contributed by atoms with E-state index in [0.717, 1.165) is 6.42 Å². The van der Waals surface area contributed by atoms with Crippen molar-refractivity contribution < 1.29 is 23.9 Å². The Morgan fingerprint density at radius 3 is 2.18 bits per heavy atom. The van der Waals surface area contributed by atoms with Gasteiger partial charge in [-0.15, -0.1) is 0 Å². The van der Waals surface area contributed by atoms with E-state index in [1.165, 1.54) is 0 Å². The molecule has 6 heteroatoms. The molecule has 0 radical (unpaired) electrons. The largest absolute Gasteiger partial charge is 0.465 e. The van der Waals surface area contributed by atoms with E-state index in [2.05, 4.69) is 0 Å². The van der Waals surface area contributed by atoms with Crippen LogP contribution in [-0.4, -0.2) is 35.5 Å². The SMILES string of the molecule is CCOC(=O)C1(C(=O)OCC)CCCCn2c(C(=O)c3ccccc3)ccc21. The van der Waals surface area contributed by atoms with Crippen molar-refractivity contribution in [2.75, 3.05) is 13.2 Å². The summed E-state index contributed by atoms with van der Waals surface area (Å²) in [5.41, 5.74) is -0.0506. The van der Waals surface area contributed by atoms with Crippen molar-refractivity contribution in [2.45, 2.75) is 45.1 Å². The number of hydrogen-bond acceptors (Lipinski definition) is 5. The van der Waals surface area contributed by atoms with Crippen LogP contribution in [0.25, 0.3) is 0 Å². The lowest BCUT2D eigenvalue weighted by Gasteiger charge is -2.28. The molecule has 148 valence electrons. The first-order valence-electron chi connectivity index (χ1n) is 9.70. The summed E-state index contributed by atoms with van der Waals surface area (Å²) >= 11 is 0. The van der Waals surface area contributed by atoms with Crippen LogP contribution in [0.4, 0.5) is 0 Å². The number of esters is 2. The lowest BCUT2D eigenvalue weighted by Crippen LogP contribution is -2.47. The van der Waals surface area contributed by atoms with Gasteiger partial charge in [0.05, 0.1) is 18.9 Å². The zero-order chi connectivity index (χ0) is 20.1. The first-order chi connectivity index (χ1) is 13.6. The third-order valence-corrected chi connectivity index (χ3v) is 5.12. The summed E-state index contributed by atoms with van der Waals surface area (Å²) in [6, 6.07) is 12.3. The Morgan fingerprint density at radius 1 is 0.929 bits per heavy atom. The topological polar surface area (TPSA) is 74.6 Å². The molecule has 1 aliphatic rings. The van der Waals surface area contributed by atoms with Crippen molar-refractivity contribution in [3.63, 3.8) is 0 Å². The maximum absolute atomic E-state index is 13.0. The van der Waals surface area contributed by atoms with Crippen LogP contribution in [0.15, 0.2) is 42.5 Å². The van der Waals surface area contributed by atoms with Crippen molar-refractivity contribution >= 4 is 17.7 Å². The summed E-state index contributed by atoms with van der Waals surface area (Å²) in [6.45, 7) is 4.29. The molecule has 0 saturated carbocycles. The molecule has 0 saturated heterocycles. The van der Waals surface area contributed by atoms with Crippen LogP contribution >= 0.6 is 0 Å². The van der Waals surface area contributed by atoms with E-state index in [0.29, 0.717) is 36.3 Å². The number of rotatable bonds is 6. The number of carbonyl (C=O) groups excluding carboxylic acids is 3. The average molecular weight is 383 g/mol. The zero-order valence-corrected chi connectivity index (χ0v) is 16.3. The van der Waals surface area contributed by atoms with Crippen LogP contribution in [0, 0.1) is 0 Å². The molecule has 0 fully saturated rings. The van der Waals surface area contributed by atoms with Gasteiger partial charge in [0, 0.05) is 17.8 Å². The molecule has 1 aromatic heterocycles. The molecular formula is C22H25NO5. The van der Waals surface area contributed by atoms with Gasteiger partial charge < -0.3 is 14.0 Å². The number of nitrogens with zero attached hydrogens (tertiary/aromatic N) is 1. The highest BCUT2D eigenvalue weighted by molar-refractivity contribution is 6.09. The van der Waals surface area contributed by atoms with Gasteiger partial charge in [0.1, 0.15) is 0 Å². The second-order valence-electron chi connectivity index (χ2n) is 6.75. The third kappa shape index (κ3) is 3.35. The molecule has 6 nitrogen and oxygen atoms in total. The Morgan fingerprint density at radius 2 is 1.57 bits per heavy atom. The molecule has 28 heavy (non-hydrogen) atoms. The Bertz CT molecular complexity index is 850. The van der Waals surface area contributed by atoms with E-state index < -0.39 is 17.4 Å². The van der Waals surface area contributed by atoms with Crippen LogP contribution < -0.4 is 0 Å². The van der Waals surface area contributed by atoms with Crippen LogP contribution in [0.2, 0.25) is 0 Å². The van der Waals surface area contributed by atoms with E-state index in [1.54, 1.807) is 54.8 Å². The number of benzene rings is 1. The molecule has 2 aromatic rings. The fraction of sp³-hybridized carbons (Fsp3) is 0.409. The average Bonchev–Trinajstić information content (AvgIpc) is 3.03. The minimum atomic E-state index is -1.54. The van der Waals surface area contributed by atoms with E-state index in [1.807, 2.05) is 6.07 Å². The lowest BCUT2D eigenvalue weighted by molar-refractivity contribution is -0.165. The van der Waals surface area contributed by atoms with Gasteiger partial charge in [0.15, 0.2) is 0 Å². The molecule has 2 heterocycles. The molecule has 0 atom stereocenters. The number of ketones is 1. The molecule has 0 N–H and O–H groups in total. The van der Waals surface area contributed by atoms with Gasteiger partial charge in [-0.05, 0) is 45.2 Å². The summed E-state index contributed by atoms with van der Waals surface area (Å²) in [5.74, 6) is -1.38. The fourth-order valence-electron chi connectivity index (χ4n) is 3.81. The number of hydrogen-bond donors (Lipinski definition) is 0. The predicted molar refractivity (Wildman–Crippen MR) is 103 cm³/mol. The van der Waals surface area contributed by atoms with Crippen molar-refractivity contribution in [3.8, 4) is 0 Å². The lowest BCUT2D eigenvalue weighted by atomic mass is 9.80. The standard InChI is InChI=1S/C22H25NO5/c1-3-27-20(25)22(21(26)28-4-2)14-8-9-15-23-17(12-13-18(22)23)19(24)16-10-6-5-7-11-16/h5-7,10-13H,3-4,8-9,14-15H2,1-2H3. The zero-order valence-electron chi connectivity index (χ0n) is 16.3. The van der Waals surface area contributed by atoms with E-state index in [9.17, 15) is 14.4 Å². The first-order valence-corrected chi connectivity index (χ1v) is 9.70. The number of fused-ring (bicyclic) bond motifs is 1. The van der Waals surface area contributed by atoms with Crippen molar-refractivity contribution in [3.05, 3.63) is 59.4 Å². The summed E-state index contributed by atoms with van der Waals surface area (Å²) in [7, 11) is 0. The summed E-state index contributed by atoms with van der Waals surface area (Å²) in [4.78, 5) is 39.0. The number of ether oxygens (including phenoxy) is 2. The molecular weight excluding hydrogens is 358 g/mol. The first kappa shape index (κ1) is 19.9. The molecule has 3 rings (SSSR count). The molecule has 1 aliphatic heterocycles.